The molecule has 1 aromatic rings. The molecule has 1 aromatic heterocycles. The smallest absolute Gasteiger partial charge is 0.297 e. The summed E-state index contributed by atoms with van der Waals surface area (Å²) in [7, 11) is 0. The van der Waals surface area contributed by atoms with Crippen molar-refractivity contribution in [3.05, 3.63) is 31.6 Å². The van der Waals surface area contributed by atoms with Crippen LogP contribution in [-0.2, 0) is 0 Å². The number of hydrogen-bond acceptors (Lipinski definition) is 2. The van der Waals surface area contributed by atoms with Crippen molar-refractivity contribution in [1.82, 2.24) is 9.55 Å². The summed E-state index contributed by atoms with van der Waals surface area (Å²) < 4.78 is 1.24. The maximum absolute atomic E-state index is 11.9. The highest BCUT2D eigenvalue weighted by Crippen LogP contribution is 2.14. The highest BCUT2D eigenvalue weighted by atomic mass is 35.5. The fourth-order valence-electron chi connectivity index (χ4n) is 1.80. The minimum absolute atomic E-state index is 0.118. The fraction of sp³-hybridized carbons (Fsp3) is 0.636. The maximum atomic E-state index is 11.9. The monoisotopic (exact) mass is 244 g/mol. The first-order valence-electron chi connectivity index (χ1n) is 5.35. The lowest BCUT2D eigenvalue weighted by molar-refractivity contribution is 0.405. The van der Waals surface area contributed by atoms with E-state index in [0.717, 1.165) is 6.42 Å². The Labute approximate surface area is 99.3 Å². The molecule has 0 fully saturated rings. The Hall–Kier alpha value is -1.03. The second-order valence-corrected chi connectivity index (χ2v) is 4.90. The molecule has 0 saturated heterocycles. The molecule has 5 heteroatoms. The van der Waals surface area contributed by atoms with Crippen molar-refractivity contribution in [3.8, 4) is 0 Å². The van der Waals surface area contributed by atoms with Crippen LogP contribution < -0.4 is 11.2 Å². The van der Waals surface area contributed by atoms with Gasteiger partial charge in [0.25, 0.3) is 5.56 Å². The number of halogens is 1. The van der Waals surface area contributed by atoms with E-state index in [4.69, 9.17) is 11.6 Å². The molecule has 0 aromatic carbocycles. The van der Waals surface area contributed by atoms with Gasteiger partial charge in [0, 0.05) is 11.6 Å². The van der Waals surface area contributed by atoms with Gasteiger partial charge in [-0.1, -0.05) is 25.4 Å². The number of aromatic amines is 1. The van der Waals surface area contributed by atoms with Crippen LogP contribution in [0.4, 0.5) is 0 Å². The molecule has 0 aliphatic rings. The van der Waals surface area contributed by atoms with Crippen molar-refractivity contribution in [2.75, 3.05) is 0 Å². The second-order valence-electron chi connectivity index (χ2n) is 4.52. The Morgan fingerprint density at radius 3 is 2.38 bits per heavy atom. The van der Waals surface area contributed by atoms with Gasteiger partial charge in [-0.15, -0.1) is 0 Å². The van der Waals surface area contributed by atoms with E-state index in [1.165, 1.54) is 4.57 Å². The van der Waals surface area contributed by atoms with Gasteiger partial charge < -0.3 is 0 Å². The number of H-pyrrole nitrogens is 1. The Kier molecular flexibility index (Phi) is 3.97. The summed E-state index contributed by atoms with van der Waals surface area (Å²) in [6.07, 6.45) is 0.782. The quantitative estimate of drug-likeness (QED) is 0.828. The molecule has 0 aliphatic heterocycles. The standard InChI is InChI=1S/C11H17ClN2O2/c1-6(2)5-7(3)14-10(15)8(4)9(12)13-11(14)16/h6-7H,5H2,1-4H3,(H,13,16). The van der Waals surface area contributed by atoms with Gasteiger partial charge in [-0.25, -0.2) is 4.79 Å². The molecular weight excluding hydrogens is 228 g/mol. The summed E-state index contributed by atoms with van der Waals surface area (Å²) in [5.74, 6) is 0.428. The highest BCUT2D eigenvalue weighted by Gasteiger charge is 2.15. The van der Waals surface area contributed by atoms with Crippen LogP contribution in [0.5, 0.6) is 0 Å². The molecule has 4 nitrogen and oxygen atoms in total. The molecule has 1 unspecified atom stereocenters. The van der Waals surface area contributed by atoms with Crippen LogP contribution in [0.1, 0.15) is 38.8 Å². The molecule has 0 radical (unpaired) electrons. The van der Waals surface area contributed by atoms with E-state index >= 15 is 0 Å². The predicted molar refractivity (Wildman–Crippen MR) is 65.2 cm³/mol. The Bertz CT molecular complexity index is 488. The molecule has 0 bridgehead atoms. The average Bonchev–Trinajstić information content (AvgIpc) is 2.13. The first-order valence-corrected chi connectivity index (χ1v) is 5.73. The van der Waals surface area contributed by atoms with Crippen molar-refractivity contribution in [3.63, 3.8) is 0 Å². The molecular formula is C11H17ClN2O2. The van der Waals surface area contributed by atoms with Gasteiger partial charge >= 0.3 is 5.69 Å². The van der Waals surface area contributed by atoms with Gasteiger partial charge in [-0.05, 0) is 26.2 Å². The van der Waals surface area contributed by atoms with E-state index in [1.54, 1.807) is 6.92 Å². The Balaban J connectivity index is 3.30. The number of nitrogens with zero attached hydrogens (tertiary/aromatic N) is 1. The normalized spacial score (nSPS) is 13.1. The Morgan fingerprint density at radius 2 is 1.88 bits per heavy atom. The topological polar surface area (TPSA) is 54.9 Å². The van der Waals surface area contributed by atoms with E-state index < -0.39 is 5.69 Å². The zero-order valence-corrected chi connectivity index (χ0v) is 10.8. The lowest BCUT2D eigenvalue weighted by Gasteiger charge is -2.16. The molecule has 90 valence electrons. The third-order valence-corrected chi connectivity index (χ3v) is 2.94. The fourth-order valence-corrected chi connectivity index (χ4v) is 1.96. The summed E-state index contributed by atoms with van der Waals surface area (Å²) in [6, 6.07) is -0.118. The van der Waals surface area contributed by atoms with Crippen LogP contribution in [-0.4, -0.2) is 9.55 Å². The summed E-state index contributed by atoms with van der Waals surface area (Å²) in [6.45, 7) is 7.58. The van der Waals surface area contributed by atoms with Crippen LogP contribution in [0, 0.1) is 12.8 Å². The third-order valence-electron chi connectivity index (χ3n) is 2.56. The summed E-state index contributed by atoms with van der Waals surface area (Å²) in [5, 5.41) is 0.128. The van der Waals surface area contributed by atoms with Gasteiger partial charge in [0.1, 0.15) is 5.15 Å². The zero-order valence-electron chi connectivity index (χ0n) is 10.0. The number of rotatable bonds is 3. The van der Waals surface area contributed by atoms with Crippen LogP contribution >= 0.6 is 11.6 Å². The molecule has 1 heterocycles. The maximum Gasteiger partial charge on any atom is 0.329 e. The van der Waals surface area contributed by atoms with Crippen molar-refractivity contribution in [2.45, 2.75) is 40.2 Å². The van der Waals surface area contributed by atoms with E-state index in [-0.39, 0.29) is 16.8 Å². The van der Waals surface area contributed by atoms with Gasteiger partial charge in [-0.3, -0.25) is 14.3 Å². The first-order chi connectivity index (χ1) is 7.34. The van der Waals surface area contributed by atoms with Gasteiger partial charge in [0.2, 0.25) is 0 Å². The zero-order chi connectivity index (χ0) is 12.5. The number of nitrogens with one attached hydrogen (secondary N) is 1. The average molecular weight is 245 g/mol. The van der Waals surface area contributed by atoms with Crippen molar-refractivity contribution in [1.29, 1.82) is 0 Å². The molecule has 1 rings (SSSR count). The van der Waals surface area contributed by atoms with E-state index in [2.05, 4.69) is 18.8 Å². The van der Waals surface area contributed by atoms with Crippen LogP contribution in [0.25, 0.3) is 0 Å². The lowest BCUT2D eigenvalue weighted by atomic mass is 10.1. The predicted octanol–water partition coefficient (Wildman–Crippen LogP) is 2.11. The molecule has 0 saturated carbocycles. The van der Waals surface area contributed by atoms with E-state index in [0.29, 0.717) is 11.5 Å². The lowest BCUT2D eigenvalue weighted by Crippen LogP contribution is -2.38. The van der Waals surface area contributed by atoms with Gasteiger partial charge in [0.15, 0.2) is 0 Å². The molecule has 16 heavy (non-hydrogen) atoms. The summed E-state index contributed by atoms with van der Waals surface area (Å²) in [4.78, 5) is 26.0. The van der Waals surface area contributed by atoms with Gasteiger partial charge in [-0.2, -0.15) is 0 Å². The highest BCUT2D eigenvalue weighted by molar-refractivity contribution is 6.30. The largest absolute Gasteiger partial charge is 0.329 e. The first kappa shape index (κ1) is 13.0. The molecule has 0 amide bonds. The van der Waals surface area contributed by atoms with Crippen molar-refractivity contribution >= 4 is 11.6 Å². The summed E-state index contributed by atoms with van der Waals surface area (Å²) >= 11 is 5.73. The van der Waals surface area contributed by atoms with Crippen LogP contribution in [0.2, 0.25) is 5.15 Å². The van der Waals surface area contributed by atoms with Crippen LogP contribution in [0.3, 0.4) is 0 Å². The van der Waals surface area contributed by atoms with E-state index in [9.17, 15) is 9.59 Å². The number of aromatic nitrogens is 2. The van der Waals surface area contributed by atoms with Crippen molar-refractivity contribution in [2.24, 2.45) is 5.92 Å². The minimum Gasteiger partial charge on any atom is -0.297 e. The SMILES string of the molecule is Cc1c(Cl)[nH]c(=O)n(C(C)CC(C)C)c1=O. The minimum atomic E-state index is -0.436. The third kappa shape index (κ3) is 2.55. The second kappa shape index (κ2) is 4.87. The molecule has 0 spiro atoms. The van der Waals surface area contributed by atoms with Crippen molar-refractivity contribution < 1.29 is 0 Å². The molecule has 0 aliphatic carbocycles. The Morgan fingerprint density at radius 1 is 1.31 bits per heavy atom. The molecule has 1 N–H and O–H groups in total. The van der Waals surface area contributed by atoms with E-state index in [1.807, 2.05) is 6.92 Å². The number of hydrogen-bond donors (Lipinski definition) is 1. The summed E-state index contributed by atoms with van der Waals surface area (Å²) in [5.41, 5.74) is -0.354. The van der Waals surface area contributed by atoms with Gasteiger partial charge in [0.05, 0.1) is 0 Å². The van der Waals surface area contributed by atoms with Crippen LogP contribution in [0.15, 0.2) is 9.59 Å². The molecule has 1 atom stereocenters.